The van der Waals surface area contributed by atoms with E-state index < -0.39 is 30.1 Å². The summed E-state index contributed by atoms with van der Waals surface area (Å²) in [5.74, 6) is -0.571. The van der Waals surface area contributed by atoms with E-state index in [0.29, 0.717) is 23.5 Å². The molecule has 0 bridgehead atoms. The molecule has 1 aromatic carbocycles. The average molecular weight is 477 g/mol. The first-order valence-corrected chi connectivity index (χ1v) is 11.0. The normalized spacial score (nSPS) is 24.9. The van der Waals surface area contributed by atoms with Crippen LogP contribution in [-0.4, -0.2) is 64.0 Å². The van der Waals surface area contributed by atoms with E-state index in [1.807, 2.05) is 6.08 Å². The molecule has 186 valence electrons. The van der Waals surface area contributed by atoms with Crippen LogP contribution in [0.25, 0.3) is 6.08 Å². The van der Waals surface area contributed by atoms with Gasteiger partial charge in [0.1, 0.15) is 28.9 Å². The minimum Gasteiger partial charge on any atom is -0.497 e. The Balaban J connectivity index is 2.09. The van der Waals surface area contributed by atoms with Gasteiger partial charge in [0.05, 0.1) is 20.3 Å². The van der Waals surface area contributed by atoms with Crippen molar-refractivity contribution in [2.45, 2.75) is 57.7 Å². The van der Waals surface area contributed by atoms with Crippen LogP contribution in [0.4, 0.5) is 0 Å². The van der Waals surface area contributed by atoms with Crippen molar-refractivity contribution in [2.75, 3.05) is 28.1 Å². The Labute approximate surface area is 199 Å². The molecular formula is C25H32O9. The molecule has 34 heavy (non-hydrogen) atoms. The Morgan fingerprint density at radius 3 is 2.53 bits per heavy atom. The maximum atomic E-state index is 13.3. The molecule has 0 aliphatic carbocycles. The minimum absolute atomic E-state index is 0.0470. The predicted octanol–water partition coefficient (Wildman–Crippen LogP) is 3.65. The number of carbonyl (C=O) groups excluding carboxylic acids is 2. The number of hydrogen-bond donors (Lipinski definition) is 0. The van der Waals surface area contributed by atoms with E-state index >= 15 is 0 Å². The van der Waals surface area contributed by atoms with Crippen LogP contribution in [0.1, 0.15) is 49.5 Å². The maximum absolute atomic E-state index is 13.3. The molecule has 1 fully saturated rings. The van der Waals surface area contributed by atoms with Crippen molar-refractivity contribution < 1.29 is 42.7 Å². The zero-order valence-corrected chi connectivity index (χ0v) is 20.4. The number of hydrogen-bond acceptors (Lipinski definition) is 9. The first kappa shape index (κ1) is 25.7. The standard InChI is InChI=1S/C25H32O9/c1-15-19(30-6)11-10-18(26)23-20(33-25(2,3)34-23)9-7-8-16-12-17(29-5)13-21(31-14-28-4)22(16)24(27)32-15/h7-8,11-13,15,20,23H,9-10,14H2,1-6H3/t15-,20-,23+/m0/s1. The van der Waals surface area contributed by atoms with Crippen LogP contribution < -0.4 is 9.47 Å². The van der Waals surface area contributed by atoms with E-state index in [2.05, 4.69) is 0 Å². The van der Waals surface area contributed by atoms with Crippen molar-refractivity contribution in [1.82, 2.24) is 0 Å². The summed E-state index contributed by atoms with van der Waals surface area (Å²) in [5, 5.41) is 0. The summed E-state index contributed by atoms with van der Waals surface area (Å²) in [7, 11) is 4.46. The smallest absolute Gasteiger partial charge is 0.343 e. The summed E-state index contributed by atoms with van der Waals surface area (Å²) < 4.78 is 39.0. The van der Waals surface area contributed by atoms with Gasteiger partial charge in [-0.05, 0) is 44.9 Å². The molecule has 0 unspecified atom stereocenters. The molecule has 0 saturated carbocycles. The average Bonchev–Trinajstić information content (AvgIpc) is 3.11. The van der Waals surface area contributed by atoms with Crippen LogP contribution in [0, 0.1) is 0 Å². The van der Waals surface area contributed by atoms with Gasteiger partial charge in [0, 0.05) is 19.6 Å². The fraction of sp³-hybridized carbons (Fsp3) is 0.520. The third-order valence-electron chi connectivity index (χ3n) is 5.47. The molecule has 9 nitrogen and oxygen atoms in total. The SMILES string of the molecule is COCOc1cc(OC)cc2c1C(=O)O[C@@H](C)C(OC)=CCC(=O)[C@H]1OC(C)(C)O[C@H]1CC=C2. The zero-order chi connectivity index (χ0) is 24.9. The highest BCUT2D eigenvalue weighted by Crippen LogP contribution is 2.34. The maximum Gasteiger partial charge on any atom is 0.343 e. The number of allylic oxidation sites excluding steroid dienone is 1. The number of rotatable bonds is 5. The van der Waals surface area contributed by atoms with Crippen LogP contribution in [0.15, 0.2) is 30.0 Å². The lowest BCUT2D eigenvalue weighted by molar-refractivity contribution is -0.154. The van der Waals surface area contributed by atoms with Crippen LogP contribution in [-0.2, 0) is 28.5 Å². The summed E-state index contributed by atoms with van der Waals surface area (Å²) in [6.45, 7) is 5.15. The highest BCUT2D eigenvalue weighted by Gasteiger charge is 2.44. The molecular weight excluding hydrogens is 444 g/mol. The van der Waals surface area contributed by atoms with Crippen molar-refractivity contribution in [3.63, 3.8) is 0 Å². The zero-order valence-electron chi connectivity index (χ0n) is 20.4. The molecule has 0 spiro atoms. The third kappa shape index (κ3) is 5.97. The number of fused-ring (bicyclic) bond motifs is 2. The number of methoxy groups -OCH3 is 3. The molecule has 0 amide bonds. The monoisotopic (exact) mass is 476 g/mol. The van der Waals surface area contributed by atoms with Gasteiger partial charge in [0.15, 0.2) is 24.5 Å². The van der Waals surface area contributed by atoms with E-state index in [9.17, 15) is 9.59 Å². The topological polar surface area (TPSA) is 98.8 Å². The first-order chi connectivity index (χ1) is 16.2. The molecule has 9 heteroatoms. The second-order valence-corrected chi connectivity index (χ2v) is 8.40. The molecule has 0 N–H and O–H groups in total. The van der Waals surface area contributed by atoms with E-state index in [0.717, 1.165) is 0 Å². The minimum atomic E-state index is -0.894. The van der Waals surface area contributed by atoms with Gasteiger partial charge in [-0.2, -0.15) is 0 Å². The van der Waals surface area contributed by atoms with Crippen LogP contribution in [0.2, 0.25) is 0 Å². The number of carbonyl (C=O) groups is 2. The fourth-order valence-electron chi connectivity index (χ4n) is 3.93. The second kappa shape index (κ2) is 11.0. The lowest BCUT2D eigenvalue weighted by Gasteiger charge is -2.20. The Kier molecular flexibility index (Phi) is 8.35. The first-order valence-electron chi connectivity index (χ1n) is 11.0. The Morgan fingerprint density at radius 1 is 1.09 bits per heavy atom. The van der Waals surface area contributed by atoms with Crippen molar-refractivity contribution in [3.05, 3.63) is 41.2 Å². The summed E-state index contributed by atoms with van der Waals surface area (Å²) in [4.78, 5) is 26.2. The summed E-state index contributed by atoms with van der Waals surface area (Å²) in [6, 6.07) is 3.30. The van der Waals surface area contributed by atoms with Crippen molar-refractivity contribution in [1.29, 1.82) is 0 Å². The molecule has 2 heterocycles. The number of cyclic esters (lactones) is 1. The van der Waals surface area contributed by atoms with Gasteiger partial charge < -0.3 is 33.2 Å². The summed E-state index contributed by atoms with van der Waals surface area (Å²) in [5.41, 5.74) is 0.730. The summed E-state index contributed by atoms with van der Waals surface area (Å²) >= 11 is 0. The Hall–Kier alpha value is -2.88. The molecule has 1 aromatic rings. The van der Waals surface area contributed by atoms with E-state index in [1.165, 1.54) is 21.3 Å². The predicted molar refractivity (Wildman–Crippen MR) is 123 cm³/mol. The fourth-order valence-corrected chi connectivity index (χ4v) is 3.93. The molecule has 0 radical (unpaired) electrons. The Morgan fingerprint density at radius 2 is 1.85 bits per heavy atom. The number of ketones is 1. The molecule has 2 aliphatic rings. The Bertz CT molecular complexity index is 963. The highest BCUT2D eigenvalue weighted by molar-refractivity contribution is 5.97. The molecule has 2 aliphatic heterocycles. The number of ether oxygens (including phenoxy) is 7. The molecule has 0 aromatic heterocycles. The van der Waals surface area contributed by atoms with Crippen molar-refractivity contribution >= 4 is 17.8 Å². The van der Waals surface area contributed by atoms with Crippen molar-refractivity contribution in [3.8, 4) is 11.5 Å². The number of esters is 1. The van der Waals surface area contributed by atoms with Gasteiger partial charge in [-0.15, -0.1) is 0 Å². The third-order valence-corrected chi connectivity index (χ3v) is 5.47. The largest absolute Gasteiger partial charge is 0.497 e. The van der Waals surface area contributed by atoms with Gasteiger partial charge in [-0.1, -0.05) is 12.2 Å². The lowest BCUT2D eigenvalue weighted by atomic mass is 10.0. The van der Waals surface area contributed by atoms with E-state index in [4.69, 9.17) is 33.2 Å². The lowest BCUT2D eigenvalue weighted by Crippen LogP contribution is -2.31. The van der Waals surface area contributed by atoms with Gasteiger partial charge in [-0.3, -0.25) is 4.79 Å². The van der Waals surface area contributed by atoms with Gasteiger partial charge in [-0.25, -0.2) is 4.79 Å². The van der Waals surface area contributed by atoms with E-state index in [-0.39, 0.29) is 30.3 Å². The van der Waals surface area contributed by atoms with E-state index in [1.54, 1.807) is 45.1 Å². The highest BCUT2D eigenvalue weighted by atomic mass is 16.8. The van der Waals surface area contributed by atoms with Crippen LogP contribution in [0.5, 0.6) is 11.5 Å². The van der Waals surface area contributed by atoms with Crippen LogP contribution in [0.3, 0.4) is 0 Å². The molecule has 3 rings (SSSR count). The molecule has 1 saturated heterocycles. The van der Waals surface area contributed by atoms with Crippen LogP contribution >= 0.6 is 0 Å². The van der Waals surface area contributed by atoms with Gasteiger partial charge >= 0.3 is 5.97 Å². The number of Topliss-reactive ketones (excluding diaryl/α,β-unsaturated/α-hetero) is 1. The summed E-state index contributed by atoms with van der Waals surface area (Å²) in [6.07, 6.45) is 3.64. The number of benzene rings is 1. The van der Waals surface area contributed by atoms with Crippen molar-refractivity contribution in [2.24, 2.45) is 0 Å². The molecule has 3 atom stereocenters. The quantitative estimate of drug-likeness (QED) is 0.466. The van der Waals surface area contributed by atoms with Gasteiger partial charge in [0.25, 0.3) is 0 Å². The second-order valence-electron chi connectivity index (χ2n) is 8.40. The van der Waals surface area contributed by atoms with Gasteiger partial charge in [0.2, 0.25) is 0 Å².